The summed E-state index contributed by atoms with van der Waals surface area (Å²) in [6, 6.07) is 0.258. The zero-order valence-electron chi connectivity index (χ0n) is 13.2. The van der Waals surface area contributed by atoms with E-state index in [1.165, 1.54) is 0 Å². The molecule has 1 rings (SSSR count). The molecule has 0 aromatic heterocycles. The van der Waals surface area contributed by atoms with E-state index < -0.39 is 8.03 Å². The molecule has 0 amide bonds. The Morgan fingerprint density at radius 2 is 1.89 bits per heavy atom. The number of thioether (sulfide) groups is 1. The monoisotopic (exact) mass is 306 g/mol. The lowest BCUT2D eigenvalue weighted by Gasteiger charge is -2.27. The summed E-state index contributed by atoms with van der Waals surface area (Å²) in [5.41, 5.74) is 0. The van der Waals surface area contributed by atoms with E-state index in [2.05, 4.69) is 46.9 Å². The van der Waals surface area contributed by atoms with Gasteiger partial charge < -0.3 is 0 Å². The molecule has 1 aliphatic heterocycles. The molecular formula is C14H29NO2PS+. The number of rotatable bonds is 7. The van der Waals surface area contributed by atoms with Crippen molar-refractivity contribution >= 4 is 19.8 Å². The minimum atomic E-state index is -1.56. The molecule has 0 bridgehead atoms. The summed E-state index contributed by atoms with van der Waals surface area (Å²) >= 11 is 1.99. The fourth-order valence-electron chi connectivity index (χ4n) is 2.39. The second kappa shape index (κ2) is 6.89. The van der Waals surface area contributed by atoms with E-state index in [0.717, 1.165) is 12.8 Å². The molecule has 1 aliphatic rings. The normalized spacial score (nSPS) is 25.8. The third kappa shape index (κ3) is 4.70. The Bertz CT molecular complexity index is 317. The standard InChI is InChI=1S/C14H29NO2PS/c1-7-14(8-2)15-12(13(5,6)19-14)10-18(16)17-9-11(3)4/h11-12,15H,7-10H2,1-6H3/q+1. The van der Waals surface area contributed by atoms with Crippen LogP contribution in [0, 0.1) is 5.92 Å². The molecular weight excluding hydrogens is 277 g/mol. The second-order valence-electron chi connectivity index (χ2n) is 6.31. The van der Waals surface area contributed by atoms with Crippen LogP contribution in [0.1, 0.15) is 54.4 Å². The van der Waals surface area contributed by atoms with Gasteiger partial charge in [-0.15, -0.1) is 16.3 Å². The number of hydrogen-bond donors (Lipinski definition) is 1. The molecule has 5 heteroatoms. The maximum absolute atomic E-state index is 12.1. The van der Waals surface area contributed by atoms with Gasteiger partial charge in [-0.1, -0.05) is 27.7 Å². The van der Waals surface area contributed by atoms with Crippen LogP contribution in [0.15, 0.2) is 0 Å². The van der Waals surface area contributed by atoms with Crippen LogP contribution in [-0.2, 0) is 9.09 Å². The summed E-state index contributed by atoms with van der Waals surface area (Å²) in [4.78, 5) is 0.141. The quantitative estimate of drug-likeness (QED) is 0.707. The van der Waals surface area contributed by atoms with Gasteiger partial charge in [0.15, 0.2) is 6.16 Å². The fourth-order valence-corrected chi connectivity index (χ4v) is 5.71. The van der Waals surface area contributed by atoms with Crippen LogP contribution >= 0.6 is 19.8 Å². The van der Waals surface area contributed by atoms with E-state index in [0.29, 0.717) is 18.7 Å². The molecule has 1 fully saturated rings. The summed E-state index contributed by atoms with van der Waals surface area (Å²) in [6.45, 7) is 13.7. The van der Waals surface area contributed by atoms with Crippen molar-refractivity contribution in [3.63, 3.8) is 0 Å². The number of nitrogens with one attached hydrogen (secondary N) is 1. The molecule has 0 aromatic rings. The summed E-state index contributed by atoms with van der Waals surface area (Å²) in [6.07, 6.45) is 2.80. The molecule has 0 saturated carbocycles. The van der Waals surface area contributed by atoms with Crippen LogP contribution in [-0.4, -0.2) is 28.4 Å². The predicted molar refractivity (Wildman–Crippen MR) is 85.2 cm³/mol. The van der Waals surface area contributed by atoms with Gasteiger partial charge in [-0.05, 0) is 37.2 Å². The Labute approximate surface area is 123 Å². The first-order valence-electron chi connectivity index (χ1n) is 7.30. The van der Waals surface area contributed by atoms with Crippen molar-refractivity contribution in [3.05, 3.63) is 0 Å². The van der Waals surface area contributed by atoms with Gasteiger partial charge in [0, 0.05) is 4.75 Å². The minimum Gasteiger partial charge on any atom is -0.295 e. The van der Waals surface area contributed by atoms with Crippen LogP contribution in [0.5, 0.6) is 0 Å². The van der Waals surface area contributed by atoms with Crippen LogP contribution in [0.3, 0.4) is 0 Å². The highest BCUT2D eigenvalue weighted by Gasteiger charge is 2.51. The van der Waals surface area contributed by atoms with Gasteiger partial charge in [-0.2, -0.15) is 0 Å². The third-order valence-electron chi connectivity index (χ3n) is 3.76. The van der Waals surface area contributed by atoms with Gasteiger partial charge in [-0.25, -0.2) is 0 Å². The molecule has 0 spiro atoms. The highest BCUT2D eigenvalue weighted by atomic mass is 32.2. The van der Waals surface area contributed by atoms with Crippen molar-refractivity contribution in [1.82, 2.24) is 5.32 Å². The first kappa shape index (κ1) is 17.4. The maximum atomic E-state index is 12.1. The largest absolute Gasteiger partial charge is 0.509 e. The maximum Gasteiger partial charge on any atom is 0.509 e. The van der Waals surface area contributed by atoms with E-state index in [-0.39, 0.29) is 15.7 Å². The molecule has 2 atom stereocenters. The van der Waals surface area contributed by atoms with Gasteiger partial charge in [0.25, 0.3) is 0 Å². The molecule has 0 radical (unpaired) electrons. The van der Waals surface area contributed by atoms with Crippen molar-refractivity contribution < 1.29 is 9.09 Å². The van der Waals surface area contributed by atoms with Gasteiger partial charge in [0.2, 0.25) is 0 Å². The zero-order valence-corrected chi connectivity index (χ0v) is 14.9. The Kier molecular flexibility index (Phi) is 6.31. The van der Waals surface area contributed by atoms with Crippen LogP contribution in [0.2, 0.25) is 0 Å². The van der Waals surface area contributed by atoms with Crippen molar-refractivity contribution in [2.75, 3.05) is 12.8 Å². The van der Waals surface area contributed by atoms with Crippen molar-refractivity contribution in [3.8, 4) is 0 Å². The molecule has 0 aromatic carbocycles. The fraction of sp³-hybridized carbons (Fsp3) is 1.00. The first-order valence-corrected chi connectivity index (χ1v) is 9.48. The molecule has 3 nitrogen and oxygen atoms in total. The summed E-state index contributed by atoms with van der Waals surface area (Å²) < 4.78 is 17.6. The van der Waals surface area contributed by atoms with Gasteiger partial charge >= 0.3 is 8.03 Å². The van der Waals surface area contributed by atoms with E-state index in [1.807, 2.05) is 11.8 Å². The lowest BCUT2D eigenvalue weighted by atomic mass is 10.0. The van der Waals surface area contributed by atoms with E-state index in [4.69, 9.17) is 4.52 Å². The summed E-state index contributed by atoms with van der Waals surface area (Å²) in [5.74, 6) is 0.434. The van der Waals surface area contributed by atoms with Crippen LogP contribution < -0.4 is 5.32 Å². The first-order chi connectivity index (χ1) is 8.74. The minimum absolute atomic E-state index is 0.109. The SMILES string of the molecule is CCC1(CC)NC(C[P+](=O)OCC(C)C)C(C)(C)S1. The smallest absolute Gasteiger partial charge is 0.295 e. The number of hydrogen-bond acceptors (Lipinski definition) is 4. The van der Waals surface area contributed by atoms with Gasteiger partial charge in [0.1, 0.15) is 6.61 Å². The topological polar surface area (TPSA) is 38.3 Å². The average Bonchev–Trinajstić information content (AvgIpc) is 2.59. The van der Waals surface area contributed by atoms with E-state index in [1.54, 1.807) is 0 Å². The summed E-state index contributed by atoms with van der Waals surface area (Å²) in [7, 11) is -1.56. The average molecular weight is 306 g/mol. The van der Waals surface area contributed by atoms with Crippen molar-refractivity contribution in [2.24, 2.45) is 5.92 Å². The van der Waals surface area contributed by atoms with E-state index in [9.17, 15) is 4.57 Å². The predicted octanol–water partition coefficient (Wildman–Crippen LogP) is 4.40. The van der Waals surface area contributed by atoms with Crippen LogP contribution in [0.4, 0.5) is 0 Å². The van der Waals surface area contributed by atoms with Gasteiger partial charge in [-0.3, -0.25) is 5.32 Å². The Balaban J connectivity index is 2.60. The Morgan fingerprint density at radius 3 is 2.32 bits per heavy atom. The van der Waals surface area contributed by atoms with Crippen LogP contribution in [0.25, 0.3) is 0 Å². The highest BCUT2D eigenvalue weighted by Crippen LogP contribution is 2.49. The molecule has 0 aliphatic carbocycles. The Hall–Kier alpha value is 0.370. The molecule has 19 heavy (non-hydrogen) atoms. The summed E-state index contributed by atoms with van der Waals surface area (Å²) in [5, 5.41) is 3.71. The Morgan fingerprint density at radius 1 is 1.32 bits per heavy atom. The van der Waals surface area contributed by atoms with Gasteiger partial charge in [0.05, 0.1) is 10.9 Å². The highest BCUT2D eigenvalue weighted by molar-refractivity contribution is 8.02. The van der Waals surface area contributed by atoms with Crippen molar-refractivity contribution in [1.29, 1.82) is 0 Å². The molecule has 2 unspecified atom stereocenters. The van der Waals surface area contributed by atoms with E-state index >= 15 is 0 Å². The lowest BCUT2D eigenvalue weighted by Crippen LogP contribution is -2.45. The zero-order chi connectivity index (χ0) is 14.7. The third-order valence-corrected chi connectivity index (χ3v) is 6.76. The molecule has 1 saturated heterocycles. The second-order valence-corrected chi connectivity index (χ2v) is 9.64. The molecule has 112 valence electrons. The molecule has 1 heterocycles. The lowest BCUT2D eigenvalue weighted by molar-refractivity contribution is 0.278. The molecule has 1 N–H and O–H groups in total. The van der Waals surface area contributed by atoms with Crippen molar-refractivity contribution in [2.45, 2.75) is 70.0 Å².